The summed E-state index contributed by atoms with van der Waals surface area (Å²) in [7, 11) is 0. The molecule has 0 saturated carbocycles. The SMILES string of the molecule is C=C(O)CC(CC)c1ccc(C(CC)Cc2ccc(OCc3ccc(CC)cc3)cc2)c2c1CCC2. The highest BCUT2D eigenvalue weighted by Crippen LogP contribution is 2.39. The van der Waals surface area contributed by atoms with Gasteiger partial charge >= 0.3 is 0 Å². The number of fused-ring (bicyclic) bond motifs is 1. The number of allylic oxidation sites excluding steroid dienone is 1. The molecule has 4 rings (SSSR count). The Hall–Kier alpha value is -3.00. The Bertz CT molecular complexity index is 1140. The largest absolute Gasteiger partial charge is 0.513 e. The van der Waals surface area contributed by atoms with Crippen LogP contribution in [0.3, 0.4) is 0 Å². The summed E-state index contributed by atoms with van der Waals surface area (Å²) in [6.45, 7) is 11.1. The Kier molecular flexibility index (Phi) is 8.91. The van der Waals surface area contributed by atoms with Crippen molar-refractivity contribution in [2.45, 2.75) is 90.6 Å². The number of ether oxygens (including phenoxy) is 1. The van der Waals surface area contributed by atoms with Crippen LogP contribution in [-0.4, -0.2) is 5.11 Å². The third-order valence-electron chi connectivity index (χ3n) is 7.95. The predicted octanol–water partition coefficient (Wildman–Crippen LogP) is 9.01. The molecule has 3 aromatic carbocycles. The zero-order valence-electron chi connectivity index (χ0n) is 22.4. The van der Waals surface area contributed by atoms with E-state index in [1.807, 2.05) is 0 Å². The number of aliphatic hydroxyl groups is 1. The predicted molar refractivity (Wildman–Crippen MR) is 151 cm³/mol. The number of aliphatic hydroxyl groups excluding tert-OH is 1. The minimum Gasteiger partial charge on any atom is -0.513 e. The zero-order valence-corrected chi connectivity index (χ0v) is 22.4. The summed E-state index contributed by atoms with van der Waals surface area (Å²) in [5, 5.41) is 9.84. The second-order valence-electron chi connectivity index (χ2n) is 10.3. The van der Waals surface area contributed by atoms with Crippen molar-refractivity contribution < 1.29 is 9.84 Å². The lowest BCUT2D eigenvalue weighted by atomic mass is 9.81. The Balaban J connectivity index is 1.45. The molecule has 0 radical (unpaired) electrons. The average Bonchev–Trinajstić information content (AvgIpc) is 3.40. The summed E-state index contributed by atoms with van der Waals surface area (Å²) in [5.74, 6) is 2.10. The van der Waals surface area contributed by atoms with Crippen LogP contribution in [0.25, 0.3) is 0 Å². The van der Waals surface area contributed by atoms with Gasteiger partial charge in [0.25, 0.3) is 0 Å². The number of hydrogen-bond acceptors (Lipinski definition) is 2. The van der Waals surface area contributed by atoms with E-state index in [1.54, 1.807) is 11.1 Å². The second kappa shape index (κ2) is 12.3. The molecule has 0 saturated heterocycles. The normalized spacial score (nSPS) is 14.3. The third kappa shape index (κ3) is 6.22. The van der Waals surface area contributed by atoms with Gasteiger partial charge in [0.2, 0.25) is 0 Å². The maximum atomic E-state index is 9.84. The molecule has 36 heavy (non-hydrogen) atoms. The first-order chi connectivity index (χ1) is 17.5. The fraction of sp³-hybridized carbons (Fsp3) is 0.412. The quantitative estimate of drug-likeness (QED) is 0.261. The second-order valence-corrected chi connectivity index (χ2v) is 10.3. The van der Waals surface area contributed by atoms with E-state index in [4.69, 9.17) is 4.74 Å². The zero-order chi connectivity index (χ0) is 25.5. The molecule has 0 heterocycles. The van der Waals surface area contributed by atoms with E-state index in [0.29, 0.717) is 30.6 Å². The standard InChI is InChI=1S/C34H42O2/c1-5-25-11-13-27(14-12-25)23-36-30-17-15-26(16-18-30)22-29(7-3)32-20-19-31(28(6-2)21-24(4)35)33-9-8-10-34(32)33/h11-20,28-29,35H,4-10,21-23H2,1-3H3. The summed E-state index contributed by atoms with van der Waals surface area (Å²) < 4.78 is 6.05. The molecule has 0 bridgehead atoms. The van der Waals surface area contributed by atoms with Crippen LogP contribution in [-0.2, 0) is 32.3 Å². The van der Waals surface area contributed by atoms with Crippen LogP contribution in [0.4, 0.5) is 0 Å². The molecule has 0 amide bonds. The lowest BCUT2D eigenvalue weighted by Gasteiger charge is -2.24. The first-order valence-corrected chi connectivity index (χ1v) is 13.8. The van der Waals surface area contributed by atoms with Gasteiger partial charge in [0.1, 0.15) is 12.4 Å². The van der Waals surface area contributed by atoms with Gasteiger partial charge in [-0.1, -0.05) is 75.9 Å². The van der Waals surface area contributed by atoms with Crippen molar-refractivity contribution in [2.24, 2.45) is 0 Å². The molecule has 0 aliphatic heterocycles. The van der Waals surface area contributed by atoms with Crippen molar-refractivity contribution in [3.63, 3.8) is 0 Å². The molecule has 2 heteroatoms. The van der Waals surface area contributed by atoms with Gasteiger partial charge in [-0.2, -0.15) is 0 Å². The molecule has 1 aliphatic rings. The molecule has 0 fully saturated rings. The van der Waals surface area contributed by atoms with Crippen LogP contribution in [0, 0.1) is 0 Å². The van der Waals surface area contributed by atoms with Gasteiger partial charge in [0.05, 0.1) is 5.76 Å². The van der Waals surface area contributed by atoms with Crippen LogP contribution in [0.1, 0.15) is 97.2 Å². The summed E-state index contributed by atoms with van der Waals surface area (Å²) >= 11 is 0. The van der Waals surface area contributed by atoms with E-state index in [9.17, 15) is 5.11 Å². The highest BCUT2D eigenvalue weighted by atomic mass is 16.5. The van der Waals surface area contributed by atoms with Crippen molar-refractivity contribution in [1.82, 2.24) is 0 Å². The monoisotopic (exact) mass is 482 g/mol. The van der Waals surface area contributed by atoms with E-state index in [0.717, 1.165) is 37.9 Å². The molecule has 0 spiro atoms. The van der Waals surface area contributed by atoms with Gasteiger partial charge in [-0.25, -0.2) is 0 Å². The number of rotatable bonds is 12. The van der Waals surface area contributed by atoms with Crippen LogP contribution >= 0.6 is 0 Å². The van der Waals surface area contributed by atoms with Gasteiger partial charge in [0, 0.05) is 6.42 Å². The first kappa shape index (κ1) is 26.1. The van der Waals surface area contributed by atoms with E-state index < -0.39 is 0 Å². The average molecular weight is 483 g/mol. The number of hydrogen-bond donors (Lipinski definition) is 1. The summed E-state index contributed by atoms with van der Waals surface area (Å²) in [4.78, 5) is 0. The van der Waals surface area contributed by atoms with Crippen molar-refractivity contribution in [3.05, 3.63) is 112 Å². The first-order valence-electron chi connectivity index (χ1n) is 13.8. The van der Waals surface area contributed by atoms with Crippen molar-refractivity contribution in [1.29, 1.82) is 0 Å². The van der Waals surface area contributed by atoms with Crippen LogP contribution < -0.4 is 4.74 Å². The Morgan fingerprint density at radius 1 is 0.778 bits per heavy atom. The van der Waals surface area contributed by atoms with Gasteiger partial charge < -0.3 is 9.84 Å². The van der Waals surface area contributed by atoms with E-state index in [1.165, 1.54) is 40.7 Å². The van der Waals surface area contributed by atoms with Crippen molar-refractivity contribution >= 4 is 0 Å². The lowest BCUT2D eigenvalue weighted by Crippen LogP contribution is -2.09. The molecule has 190 valence electrons. The van der Waals surface area contributed by atoms with Crippen LogP contribution in [0.5, 0.6) is 5.75 Å². The van der Waals surface area contributed by atoms with E-state index >= 15 is 0 Å². The van der Waals surface area contributed by atoms with Crippen molar-refractivity contribution in [2.75, 3.05) is 0 Å². The maximum Gasteiger partial charge on any atom is 0.119 e. The smallest absolute Gasteiger partial charge is 0.119 e. The number of benzene rings is 3. The van der Waals surface area contributed by atoms with Gasteiger partial charge in [-0.3, -0.25) is 0 Å². The highest BCUT2D eigenvalue weighted by Gasteiger charge is 2.25. The number of aryl methyl sites for hydroxylation is 1. The molecule has 2 atom stereocenters. The Morgan fingerprint density at radius 2 is 1.33 bits per heavy atom. The fourth-order valence-corrected chi connectivity index (χ4v) is 5.80. The summed E-state index contributed by atoms with van der Waals surface area (Å²) in [5.41, 5.74) is 10.0. The summed E-state index contributed by atoms with van der Waals surface area (Å²) in [6.07, 6.45) is 8.51. The Morgan fingerprint density at radius 3 is 1.89 bits per heavy atom. The fourth-order valence-electron chi connectivity index (χ4n) is 5.80. The molecule has 1 aliphatic carbocycles. The topological polar surface area (TPSA) is 29.5 Å². The van der Waals surface area contributed by atoms with Crippen LogP contribution in [0.2, 0.25) is 0 Å². The lowest BCUT2D eigenvalue weighted by molar-refractivity contribution is 0.306. The molecular formula is C34H42O2. The van der Waals surface area contributed by atoms with E-state index in [2.05, 4.69) is 88.0 Å². The van der Waals surface area contributed by atoms with Crippen LogP contribution in [0.15, 0.2) is 73.0 Å². The molecule has 0 aromatic heterocycles. The Labute approximate surface area is 218 Å². The van der Waals surface area contributed by atoms with Gasteiger partial charge in [-0.15, -0.1) is 0 Å². The molecule has 1 N–H and O–H groups in total. The molecule has 2 unspecified atom stereocenters. The molecule has 3 aromatic rings. The molecular weight excluding hydrogens is 440 g/mol. The minimum absolute atomic E-state index is 0.297. The minimum atomic E-state index is 0.297. The molecule has 2 nitrogen and oxygen atoms in total. The third-order valence-corrected chi connectivity index (χ3v) is 7.95. The summed E-state index contributed by atoms with van der Waals surface area (Å²) in [6, 6.07) is 22.1. The van der Waals surface area contributed by atoms with Crippen molar-refractivity contribution in [3.8, 4) is 5.75 Å². The van der Waals surface area contributed by atoms with Gasteiger partial charge in [0.15, 0.2) is 0 Å². The highest BCUT2D eigenvalue weighted by molar-refractivity contribution is 5.47. The van der Waals surface area contributed by atoms with Gasteiger partial charge in [-0.05, 0) is 108 Å². The van der Waals surface area contributed by atoms with E-state index in [-0.39, 0.29) is 0 Å². The maximum absolute atomic E-state index is 9.84.